The molecular formula is C23H16ClN3O3. The van der Waals surface area contributed by atoms with Gasteiger partial charge in [0.25, 0.3) is 11.5 Å². The Morgan fingerprint density at radius 1 is 0.867 bits per heavy atom. The maximum Gasteiger partial charge on any atom is 0.276 e. The van der Waals surface area contributed by atoms with Crippen LogP contribution in [0.5, 0.6) is 11.5 Å². The molecule has 1 N–H and O–H groups in total. The minimum Gasteiger partial charge on any atom is -0.456 e. The summed E-state index contributed by atoms with van der Waals surface area (Å²) >= 11 is 6.10. The average molecular weight is 418 g/mol. The number of para-hydroxylation sites is 2. The Balaban J connectivity index is 1.49. The molecule has 7 heteroatoms. The highest BCUT2D eigenvalue weighted by molar-refractivity contribution is 6.32. The van der Waals surface area contributed by atoms with Crippen molar-refractivity contribution in [2.24, 2.45) is 0 Å². The third-order valence-corrected chi connectivity index (χ3v) is 4.52. The van der Waals surface area contributed by atoms with Gasteiger partial charge in [-0.2, -0.15) is 9.78 Å². The molecule has 0 saturated heterocycles. The molecular weight excluding hydrogens is 402 g/mol. The number of benzene rings is 3. The molecule has 0 aliphatic carbocycles. The molecule has 4 rings (SSSR count). The maximum absolute atomic E-state index is 12.6. The van der Waals surface area contributed by atoms with Crippen LogP contribution >= 0.6 is 11.6 Å². The number of rotatable bonds is 5. The van der Waals surface area contributed by atoms with E-state index in [1.165, 1.54) is 16.8 Å². The second kappa shape index (κ2) is 8.63. The zero-order chi connectivity index (χ0) is 20.9. The van der Waals surface area contributed by atoms with Crippen LogP contribution in [0.3, 0.4) is 0 Å². The van der Waals surface area contributed by atoms with Crippen molar-refractivity contribution in [3.05, 3.63) is 112 Å². The van der Waals surface area contributed by atoms with Crippen LogP contribution < -0.4 is 15.6 Å². The molecule has 30 heavy (non-hydrogen) atoms. The van der Waals surface area contributed by atoms with Crippen molar-refractivity contribution in [2.45, 2.75) is 0 Å². The number of ether oxygens (including phenoxy) is 1. The lowest BCUT2D eigenvalue weighted by Crippen LogP contribution is -2.24. The number of amides is 1. The van der Waals surface area contributed by atoms with Gasteiger partial charge in [-0.15, -0.1) is 0 Å². The second-order valence-electron chi connectivity index (χ2n) is 6.32. The van der Waals surface area contributed by atoms with Gasteiger partial charge >= 0.3 is 0 Å². The van der Waals surface area contributed by atoms with Gasteiger partial charge in [0.05, 0.1) is 10.7 Å². The molecule has 148 valence electrons. The standard InChI is InChI=1S/C23H16ClN3O3/c24-19-8-4-5-9-21(19)30-18-12-10-16(11-13-18)25-23(29)20-14-15-22(28)27(26-20)17-6-2-1-3-7-17/h1-15H,(H,25,29). The molecule has 0 spiro atoms. The summed E-state index contributed by atoms with van der Waals surface area (Å²) in [6.07, 6.45) is 0. The van der Waals surface area contributed by atoms with Gasteiger partial charge in [0, 0.05) is 11.8 Å². The normalized spacial score (nSPS) is 10.4. The zero-order valence-electron chi connectivity index (χ0n) is 15.7. The van der Waals surface area contributed by atoms with Crippen LogP contribution in [0.4, 0.5) is 5.69 Å². The third-order valence-electron chi connectivity index (χ3n) is 4.21. The van der Waals surface area contributed by atoms with Crippen molar-refractivity contribution >= 4 is 23.2 Å². The Hall–Kier alpha value is -3.90. The summed E-state index contributed by atoms with van der Waals surface area (Å²) in [7, 11) is 0. The molecule has 0 aliphatic heterocycles. The van der Waals surface area contributed by atoms with Crippen molar-refractivity contribution in [2.75, 3.05) is 5.32 Å². The van der Waals surface area contributed by atoms with Gasteiger partial charge in [0.2, 0.25) is 0 Å². The van der Waals surface area contributed by atoms with E-state index < -0.39 is 5.91 Å². The molecule has 0 fully saturated rings. The Morgan fingerprint density at radius 3 is 2.30 bits per heavy atom. The molecule has 1 heterocycles. The summed E-state index contributed by atoms with van der Waals surface area (Å²) in [5.41, 5.74) is 0.942. The van der Waals surface area contributed by atoms with Crippen LogP contribution in [0.1, 0.15) is 10.5 Å². The van der Waals surface area contributed by atoms with Gasteiger partial charge in [-0.3, -0.25) is 9.59 Å². The first-order valence-electron chi connectivity index (χ1n) is 9.10. The molecule has 6 nitrogen and oxygen atoms in total. The molecule has 0 bridgehead atoms. The highest BCUT2D eigenvalue weighted by atomic mass is 35.5. The number of hydrogen-bond acceptors (Lipinski definition) is 4. The predicted molar refractivity (Wildman–Crippen MR) is 116 cm³/mol. The second-order valence-corrected chi connectivity index (χ2v) is 6.72. The summed E-state index contributed by atoms with van der Waals surface area (Å²) in [5, 5.41) is 7.44. The Bertz CT molecular complexity index is 1240. The summed E-state index contributed by atoms with van der Waals surface area (Å²) in [4.78, 5) is 24.7. The third kappa shape index (κ3) is 4.39. The van der Waals surface area contributed by atoms with E-state index >= 15 is 0 Å². The number of carbonyl (C=O) groups excluding carboxylic acids is 1. The molecule has 0 saturated carbocycles. The average Bonchev–Trinajstić information content (AvgIpc) is 2.77. The van der Waals surface area contributed by atoms with E-state index in [0.29, 0.717) is 27.9 Å². The van der Waals surface area contributed by atoms with Crippen molar-refractivity contribution in [1.29, 1.82) is 0 Å². The first kappa shape index (κ1) is 19.4. The van der Waals surface area contributed by atoms with Crippen LogP contribution in [-0.4, -0.2) is 15.7 Å². The molecule has 0 atom stereocenters. The number of carbonyl (C=O) groups is 1. The fourth-order valence-electron chi connectivity index (χ4n) is 2.74. The number of halogens is 1. The monoisotopic (exact) mass is 417 g/mol. The highest BCUT2D eigenvalue weighted by Crippen LogP contribution is 2.29. The van der Waals surface area contributed by atoms with E-state index in [1.807, 2.05) is 18.2 Å². The van der Waals surface area contributed by atoms with Crippen LogP contribution in [0.15, 0.2) is 95.8 Å². The number of nitrogens with one attached hydrogen (secondary N) is 1. The molecule has 4 aromatic rings. The number of aromatic nitrogens is 2. The summed E-state index contributed by atoms with van der Waals surface area (Å²) in [6.45, 7) is 0. The minimum atomic E-state index is -0.431. The quantitative estimate of drug-likeness (QED) is 0.499. The molecule has 0 unspecified atom stereocenters. The lowest BCUT2D eigenvalue weighted by Gasteiger charge is -2.10. The molecule has 3 aromatic carbocycles. The van der Waals surface area contributed by atoms with Crippen LogP contribution in [-0.2, 0) is 0 Å². The molecule has 0 radical (unpaired) electrons. The fraction of sp³-hybridized carbons (Fsp3) is 0. The smallest absolute Gasteiger partial charge is 0.276 e. The molecule has 1 amide bonds. The Labute approximate surface area is 177 Å². The molecule has 0 aliphatic rings. The first-order valence-corrected chi connectivity index (χ1v) is 9.47. The predicted octanol–water partition coefficient (Wildman–Crippen LogP) is 4.93. The lowest BCUT2D eigenvalue weighted by molar-refractivity contribution is 0.102. The lowest BCUT2D eigenvalue weighted by atomic mass is 10.2. The highest BCUT2D eigenvalue weighted by Gasteiger charge is 2.11. The van der Waals surface area contributed by atoms with E-state index in [0.717, 1.165) is 0 Å². The maximum atomic E-state index is 12.6. The van der Waals surface area contributed by atoms with Gasteiger partial charge in [-0.05, 0) is 54.6 Å². The largest absolute Gasteiger partial charge is 0.456 e. The summed E-state index contributed by atoms with van der Waals surface area (Å²) in [6, 6.07) is 25.6. The van der Waals surface area contributed by atoms with E-state index in [9.17, 15) is 9.59 Å². The first-order chi connectivity index (χ1) is 14.6. The van der Waals surface area contributed by atoms with Crippen LogP contribution in [0, 0.1) is 0 Å². The Kier molecular flexibility index (Phi) is 5.59. The van der Waals surface area contributed by atoms with E-state index in [-0.39, 0.29) is 11.3 Å². The fourth-order valence-corrected chi connectivity index (χ4v) is 2.92. The number of hydrogen-bond donors (Lipinski definition) is 1. The van der Waals surface area contributed by atoms with Gasteiger partial charge < -0.3 is 10.1 Å². The SMILES string of the molecule is O=C(Nc1ccc(Oc2ccccc2Cl)cc1)c1ccc(=O)n(-c2ccccc2)n1. The minimum absolute atomic E-state index is 0.120. The number of anilines is 1. The summed E-state index contributed by atoms with van der Waals surface area (Å²) < 4.78 is 6.93. The zero-order valence-corrected chi connectivity index (χ0v) is 16.4. The van der Waals surface area contributed by atoms with Crippen molar-refractivity contribution < 1.29 is 9.53 Å². The van der Waals surface area contributed by atoms with Crippen LogP contribution in [0.2, 0.25) is 5.02 Å². The van der Waals surface area contributed by atoms with Gasteiger partial charge in [-0.1, -0.05) is 41.9 Å². The van der Waals surface area contributed by atoms with E-state index in [4.69, 9.17) is 16.3 Å². The van der Waals surface area contributed by atoms with E-state index in [2.05, 4.69) is 10.4 Å². The van der Waals surface area contributed by atoms with Gasteiger partial charge in [-0.25, -0.2) is 0 Å². The van der Waals surface area contributed by atoms with Crippen molar-refractivity contribution in [3.63, 3.8) is 0 Å². The van der Waals surface area contributed by atoms with Crippen molar-refractivity contribution in [3.8, 4) is 17.2 Å². The van der Waals surface area contributed by atoms with E-state index in [1.54, 1.807) is 60.7 Å². The summed E-state index contributed by atoms with van der Waals surface area (Å²) in [5.74, 6) is 0.694. The van der Waals surface area contributed by atoms with Crippen LogP contribution in [0.25, 0.3) is 5.69 Å². The number of nitrogens with zero attached hydrogens (tertiary/aromatic N) is 2. The Morgan fingerprint density at radius 2 is 1.57 bits per heavy atom. The van der Waals surface area contributed by atoms with Gasteiger partial charge in [0.1, 0.15) is 17.2 Å². The molecule has 1 aromatic heterocycles. The van der Waals surface area contributed by atoms with Crippen molar-refractivity contribution in [1.82, 2.24) is 9.78 Å². The topological polar surface area (TPSA) is 73.2 Å². The van der Waals surface area contributed by atoms with Gasteiger partial charge in [0.15, 0.2) is 0 Å².